The summed E-state index contributed by atoms with van der Waals surface area (Å²) in [4.78, 5) is 18.9. The van der Waals surface area contributed by atoms with Gasteiger partial charge in [0.25, 0.3) is 0 Å². The summed E-state index contributed by atoms with van der Waals surface area (Å²) in [5, 5.41) is 11.7. The lowest BCUT2D eigenvalue weighted by Gasteiger charge is -2.32. The zero-order valence-corrected chi connectivity index (χ0v) is 17.1. The number of amides is 1. The zero-order valence-electron chi connectivity index (χ0n) is 17.1. The van der Waals surface area contributed by atoms with E-state index < -0.39 is 0 Å². The van der Waals surface area contributed by atoms with E-state index >= 15 is 0 Å². The predicted molar refractivity (Wildman–Crippen MR) is 114 cm³/mol. The van der Waals surface area contributed by atoms with Gasteiger partial charge in [0.1, 0.15) is 12.1 Å². The van der Waals surface area contributed by atoms with Crippen LogP contribution in [0, 0.1) is 5.92 Å². The molecule has 3 heterocycles. The number of piperidine rings is 1. The summed E-state index contributed by atoms with van der Waals surface area (Å²) >= 11 is 0. The number of imidazole rings is 1. The number of carbonyl (C=O) groups is 1. The first-order valence-corrected chi connectivity index (χ1v) is 10.2. The molecule has 1 aromatic carbocycles. The molecule has 0 radical (unpaired) electrons. The minimum Gasteiger partial charge on any atom is -0.496 e. The number of nitrogens with one attached hydrogen (secondary N) is 1. The number of anilines is 1. The molecule has 1 amide bonds. The van der Waals surface area contributed by atoms with Crippen molar-refractivity contribution in [3.05, 3.63) is 60.7 Å². The first-order valence-electron chi connectivity index (χ1n) is 10.2. The van der Waals surface area contributed by atoms with Crippen molar-refractivity contribution in [2.45, 2.75) is 19.3 Å². The quantitative estimate of drug-likeness (QED) is 0.648. The fourth-order valence-electron chi connectivity index (χ4n) is 3.79. The molecule has 30 heavy (non-hydrogen) atoms. The van der Waals surface area contributed by atoms with Crippen LogP contribution in [0.1, 0.15) is 18.4 Å². The Morgan fingerprint density at radius 3 is 2.80 bits per heavy atom. The van der Waals surface area contributed by atoms with Gasteiger partial charge >= 0.3 is 0 Å². The Balaban J connectivity index is 1.31. The molecule has 0 bridgehead atoms. The third kappa shape index (κ3) is 4.59. The first kappa shape index (κ1) is 19.9. The fraction of sp³-hybridized carbons (Fsp3) is 0.364. The van der Waals surface area contributed by atoms with Crippen molar-refractivity contribution in [2.24, 2.45) is 5.92 Å². The molecule has 0 aliphatic carbocycles. The van der Waals surface area contributed by atoms with Crippen molar-refractivity contribution >= 4 is 11.7 Å². The molecular formula is C22H26N6O2. The molecule has 1 aliphatic rings. The number of hydrogen-bond donors (Lipinski definition) is 1. The van der Waals surface area contributed by atoms with E-state index in [-0.39, 0.29) is 11.8 Å². The van der Waals surface area contributed by atoms with Gasteiger partial charge in [-0.15, -0.1) is 10.2 Å². The third-order valence-electron chi connectivity index (χ3n) is 5.41. The highest BCUT2D eigenvalue weighted by Crippen LogP contribution is 2.22. The molecule has 1 N–H and O–H groups in total. The summed E-state index contributed by atoms with van der Waals surface area (Å²) in [6.45, 7) is 2.12. The third-order valence-corrected chi connectivity index (χ3v) is 5.41. The Kier molecular flexibility index (Phi) is 6.22. The smallest absolute Gasteiger partial charge is 0.224 e. The van der Waals surface area contributed by atoms with Crippen molar-refractivity contribution < 1.29 is 9.53 Å². The van der Waals surface area contributed by atoms with Gasteiger partial charge in [-0.05, 0) is 43.0 Å². The lowest BCUT2D eigenvalue weighted by molar-refractivity contribution is -0.125. The maximum Gasteiger partial charge on any atom is 0.224 e. The summed E-state index contributed by atoms with van der Waals surface area (Å²) in [6.07, 6.45) is 7.81. The van der Waals surface area contributed by atoms with Gasteiger partial charge in [0, 0.05) is 32.0 Å². The maximum atomic E-state index is 12.7. The van der Waals surface area contributed by atoms with Crippen LogP contribution in [-0.2, 0) is 11.2 Å². The van der Waals surface area contributed by atoms with E-state index in [1.165, 1.54) is 0 Å². The number of para-hydroxylation sites is 1. The average Bonchev–Trinajstić information content (AvgIpc) is 3.34. The van der Waals surface area contributed by atoms with Gasteiger partial charge in [-0.25, -0.2) is 4.98 Å². The molecule has 8 heteroatoms. The normalized spacial score (nSPS) is 16.3. The summed E-state index contributed by atoms with van der Waals surface area (Å²) < 4.78 is 7.19. The fourth-order valence-corrected chi connectivity index (χ4v) is 3.79. The molecule has 4 rings (SSSR count). The van der Waals surface area contributed by atoms with E-state index in [9.17, 15) is 4.79 Å². The monoisotopic (exact) mass is 406 g/mol. The number of benzene rings is 1. The number of aromatic nitrogens is 4. The number of methoxy groups -OCH3 is 1. The van der Waals surface area contributed by atoms with Crippen LogP contribution in [0.15, 0.2) is 55.1 Å². The average molecular weight is 406 g/mol. The van der Waals surface area contributed by atoms with Gasteiger partial charge < -0.3 is 15.0 Å². The van der Waals surface area contributed by atoms with Gasteiger partial charge in [-0.1, -0.05) is 18.2 Å². The second kappa shape index (κ2) is 9.39. The maximum absolute atomic E-state index is 12.7. The number of carbonyl (C=O) groups excluding carboxylic acids is 1. The van der Waals surface area contributed by atoms with Crippen molar-refractivity contribution in [1.82, 2.24) is 25.1 Å². The van der Waals surface area contributed by atoms with Gasteiger partial charge in [0.05, 0.1) is 13.0 Å². The Morgan fingerprint density at radius 2 is 2.03 bits per heavy atom. The highest BCUT2D eigenvalue weighted by Gasteiger charge is 2.26. The minimum atomic E-state index is -0.0495. The second-order valence-corrected chi connectivity index (χ2v) is 7.36. The molecule has 1 fully saturated rings. The Morgan fingerprint density at radius 1 is 1.20 bits per heavy atom. The topological polar surface area (TPSA) is 85.2 Å². The van der Waals surface area contributed by atoms with Crippen LogP contribution in [-0.4, -0.2) is 52.4 Å². The molecule has 1 unspecified atom stereocenters. The van der Waals surface area contributed by atoms with Crippen LogP contribution in [0.4, 0.5) is 5.82 Å². The van der Waals surface area contributed by atoms with Crippen molar-refractivity contribution in [3.8, 4) is 11.6 Å². The lowest BCUT2D eigenvalue weighted by Crippen LogP contribution is -2.43. The highest BCUT2D eigenvalue weighted by atomic mass is 16.5. The van der Waals surface area contributed by atoms with Crippen molar-refractivity contribution in [2.75, 3.05) is 31.6 Å². The highest BCUT2D eigenvalue weighted by molar-refractivity contribution is 5.79. The van der Waals surface area contributed by atoms with Gasteiger partial charge in [-0.2, -0.15) is 0 Å². The molecule has 1 aliphatic heterocycles. The molecule has 8 nitrogen and oxygen atoms in total. The number of rotatable bonds is 7. The standard InChI is InChI=1S/C22H26N6O2/c1-30-19-7-3-2-5-17(19)10-11-24-22(29)18-6-4-13-27(15-18)20-8-9-21(26-25-20)28-14-12-23-16-28/h2-3,5,7-9,12,14,16,18H,4,6,10-11,13,15H2,1H3,(H,24,29). The Labute approximate surface area is 175 Å². The second-order valence-electron chi connectivity index (χ2n) is 7.36. The molecule has 1 atom stereocenters. The lowest BCUT2D eigenvalue weighted by atomic mass is 9.97. The Hall–Kier alpha value is -3.42. The summed E-state index contributed by atoms with van der Waals surface area (Å²) in [7, 11) is 1.67. The van der Waals surface area contributed by atoms with Crippen LogP contribution in [0.2, 0.25) is 0 Å². The van der Waals surface area contributed by atoms with E-state index in [2.05, 4.69) is 25.4 Å². The largest absolute Gasteiger partial charge is 0.496 e. The van der Waals surface area contributed by atoms with Crippen LogP contribution in [0.25, 0.3) is 5.82 Å². The van der Waals surface area contributed by atoms with E-state index in [4.69, 9.17) is 4.74 Å². The van der Waals surface area contributed by atoms with Gasteiger partial charge in [0.15, 0.2) is 11.6 Å². The molecule has 1 saturated heterocycles. The SMILES string of the molecule is COc1ccccc1CCNC(=O)C1CCCN(c2ccc(-n3ccnc3)nn2)C1. The van der Waals surface area contributed by atoms with E-state index in [0.717, 1.165) is 48.8 Å². The first-order chi connectivity index (χ1) is 14.7. The Bertz CT molecular complexity index is 958. The molecule has 3 aromatic rings. The molecular weight excluding hydrogens is 380 g/mol. The molecule has 0 spiro atoms. The summed E-state index contributed by atoms with van der Waals surface area (Å²) in [5.74, 6) is 2.42. The molecule has 0 saturated carbocycles. The van der Waals surface area contributed by atoms with E-state index in [1.54, 1.807) is 19.6 Å². The van der Waals surface area contributed by atoms with E-state index in [1.807, 2.05) is 47.2 Å². The number of ether oxygens (including phenoxy) is 1. The van der Waals surface area contributed by atoms with Crippen LogP contribution in [0.3, 0.4) is 0 Å². The number of nitrogens with zero attached hydrogens (tertiary/aromatic N) is 5. The van der Waals surface area contributed by atoms with E-state index in [0.29, 0.717) is 13.1 Å². The zero-order chi connectivity index (χ0) is 20.8. The molecule has 2 aromatic heterocycles. The summed E-state index contributed by atoms with van der Waals surface area (Å²) in [5.41, 5.74) is 1.10. The van der Waals surface area contributed by atoms with Gasteiger partial charge in [-0.3, -0.25) is 9.36 Å². The van der Waals surface area contributed by atoms with Gasteiger partial charge in [0.2, 0.25) is 5.91 Å². The van der Waals surface area contributed by atoms with Crippen LogP contribution >= 0.6 is 0 Å². The number of hydrogen-bond acceptors (Lipinski definition) is 6. The van der Waals surface area contributed by atoms with Crippen molar-refractivity contribution in [1.29, 1.82) is 0 Å². The predicted octanol–water partition coefficient (Wildman–Crippen LogP) is 2.25. The summed E-state index contributed by atoms with van der Waals surface area (Å²) in [6, 6.07) is 11.8. The van der Waals surface area contributed by atoms with Crippen molar-refractivity contribution in [3.63, 3.8) is 0 Å². The van der Waals surface area contributed by atoms with Crippen LogP contribution < -0.4 is 15.0 Å². The van der Waals surface area contributed by atoms with Crippen LogP contribution in [0.5, 0.6) is 5.75 Å². The minimum absolute atomic E-state index is 0.0495. The molecule has 156 valence electrons.